The second-order valence-electron chi connectivity index (χ2n) is 6.91. The Hall–Kier alpha value is -2.70. The standard InChI is InChI=1S/C24H28N4O.BrH/c1-3-18-5-7-20(8-6-18)11-14-22(29)17-23(28(25)24-26-15-16-27-24)21-12-9-19(4-2)10-13-21;/h5-14,17H,3-4,15-16,25H2,1-2H3,(H,26,27);1H. The fourth-order valence-corrected chi connectivity index (χ4v) is 3.09. The number of guanidine groups is 1. The molecule has 1 aliphatic heterocycles. The van der Waals surface area contributed by atoms with E-state index in [2.05, 4.69) is 48.4 Å². The van der Waals surface area contributed by atoms with Gasteiger partial charge in [-0.2, -0.15) is 0 Å². The minimum Gasteiger partial charge on any atom is -0.353 e. The van der Waals surface area contributed by atoms with E-state index in [-0.39, 0.29) is 22.8 Å². The van der Waals surface area contributed by atoms with Gasteiger partial charge in [0.2, 0.25) is 5.96 Å². The number of halogens is 1. The molecule has 0 saturated heterocycles. The number of rotatable bonds is 7. The van der Waals surface area contributed by atoms with Crippen LogP contribution in [-0.4, -0.2) is 29.8 Å². The van der Waals surface area contributed by atoms with Crippen LogP contribution in [0.5, 0.6) is 0 Å². The van der Waals surface area contributed by atoms with Gasteiger partial charge in [0.15, 0.2) is 5.78 Å². The molecule has 2 aromatic carbocycles. The van der Waals surface area contributed by atoms with Crippen LogP contribution in [0, 0.1) is 0 Å². The maximum Gasteiger partial charge on any atom is 0.213 e. The number of hydrogen-bond acceptors (Lipinski definition) is 5. The van der Waals surface area contributed by atoms with Crippen LogP contribution >= 0.6 is 17.0 Å². The highest BCUT2D eigenvalue weighted by Gasteiger charge is 2.17. The average Bonchev–Trinajstić information content (AvgIpc) is 3.31. The molecule has 3 rings (SSSR count). The quantitative estimate of drug-likeness (QED) is 0.363. The third-order valence-corrected chi connectivity index (χ3v) is 4.91. The lowest BCUT2D eigenvalue weighted by molar-refractivity contribution is -0.110. The molecule has 0 atom stereocenters. The zero-order valence-corrected chi connectivity index (χ0v) is 19.2. The molecule has 0 aliphatic carbocycles. The second kappa shape index (κ2) is 11.5. The van der Waals surface area contributed by atoms with E-state index in [9.17, 15) is 4.79 Å². The van der Waals surface area contributed by atoms with E-state index in [1.54, 1.807) is 12.2 Å². The second-order valence-corrected chi connectivity index (χ2v) is 6.91. The Bertz CT molecular complexity index is 931. The lowest BCUT2D eigenvalue weighted by Crippen LogP contribution is -2.42. The molecule has 1 heterocycles. The number of hydrogen-bond donors (Lipinski definition) is 2. The Kier molecular flexibility index (Phi) is 9.02. The lowest BCUT2D eigenvalue weighted by atomic mass is 10.1. The zero-order valence-electron chi connectivity index (χ0n) is 17.5. The van der Waals surface area contributed by atoms with E-state index >= 15 is 0 Å². The first-order valence-electron chi connectivity index (χ1n) is 10.1. The summed E-state index contributed by atoms with van der Waals surface area (Å²) in [6.07, 6.45) is 6.90. The number of carbonyl (C=O) groups excluding carboxylic acids is 1. The number of nitrogens with zero attached hydrogens (tertiary/aromatic N) is 2. The van der Waals surface area contributed by atoms with Gasteiger partial charge in [-0.05, 0) is 41.2 Å². The first-order chi connectivity index (χ1) is 14.1. The van der Waals surface area contributed by atoms with Crippen LogP contribution in [0.25, 0.3) is 11.8 Å². The van der Waals surface area contributed by atoms with Crippen molar-refractivity contribution in [2.75, 3.05) is 13.1 Å². The van der Waals surface area contributed by atoms with E-state index in [1.165, 1.54) is 16.1 Å². The van der Waals surface area contributed by atoms with Crippen molar-refractivity contribution in [3.63, 3.8) is 0 Å². The van der Waals surface area contributed by atoms with Gasteiger partial charge in [0, 0.05) is 12.6 Å². The molecule has 0 radical (unpaired) electrons. The molecule has 30 heavy (non-hydrogen) atoms. The molecule has 2 aromatic rings. The minimum absolute atomic E-state index is 0. The van der Waals surface area contributed by atoms with Crippen LogP contribution in [0.1, 0.15) is 36.1 Å². The first-order valence-corrected chi connectivity index (χ1v) is 10.1. The Balaban J connectivity index is 0.00000320. The number of nitrogens with one attached hydrogen (secondary N) is 1. The third kappa shape index (κ3) is 6.15. The molecule has 6 heteroatoms. The molecule has 0 amide bonds. The van der Waals surface area contributed by atoms with E-state index < -0.39 is 0 Å². The van der Waals surface area contributed by atoms with E-state index in [0.717, 1.165) is 30.5 Å². The summed E-state index contributed by atoms with van der Waals surface area (Å²) in [4.78, 5) is 17.0. The van der Waals surface area contributed by atoms with Gasteiger partial charge in [-0.3, -0.25) is 4.79 Å². The molecule has 0 bridgehead atoms. The smallest absolute Gasteiger partial charge is 0.213 e. The number of hydrazine groups is 1. The Morgan fingerprint density at radius 1 is 1.07 bits per heavy atom. The van der Waals surface area contributed by atoms with Crippen molar-refractivity contribution in [1.82, 2.24) is 10.3 Å². The predicted molar refractivity (Wildman–Crippen MR) is 130 cm³/mol. The minimum atomic E-state index is -0.131. The van der Waals surface area contributed by atoms with E-state index in [0.29, 0.717) is 18.2 Å². The van der Waals surface area contributed by atoms with E-state index in [1.807, 2.05) is 30.3 Å². The topological polar surface area (TPSA) is 70.7 Å². The van der Waals surface area contributed by atoms with Crippen molar-refractivity contribution in [1.29, 1.82) is 0 Å². The first kappa shape index (κ1) is 23.6. The third-order valence-electron chi connectivity index (χ3n) is 4.91. The molecule has 3 N–H and O–H groups in total. The van der Waals surface area contributed by atoms with Crippen LogP contribution in [-0.2, 0) is 17.6 Å². The summed E-state index contributed by atoms with van der Waals surface area (Å²) in [6, 6.07) is 16.3. The number of allylic oxidation sites excluding steroid dienone is 2. The van der Waals surface area contributed by atoms with Crippen LogP contribution < -0.4 is 11.2 Å². The van der Waals surface area contributed by atoms with Gasteiger partial charge in [0.25, 0.3) is 0 Å². The van der Waals surface area contributed by atoms with Crippen LogP contribution in [0.15, 0.2) is 65.7 Å². The Labute approximate surface area is 189 Å². The van der Waals surface area contributed by atoms with Crippen molar-refractivity contribution in [2.24, 2.45) is 10.8 Å². The summed E-state index contributed by atoms with van der Waals surface area (Å²) in [5, 5.41) is 4.61. The van der Waals surface area contributed by atoms with Gasteiger partial charge in [-0.15, -0.1) is 17.0 Å². The summed E-state index contributed by atoms with van der Waals surface area (Å²) in [7, 11) is 0. The number of aliphatic imine (C=N–C) groups is 1. The van der Waals surface area contributed by atoms with Gasteiger partial charge in [0.1, 0.15) is 0 Å². The number of ketones is 1. The van der Waals surface area contributed by atoms with Gasteiger partial charge < -0.3 is 5.32 Å². The fourth-order valence-electron chi connectivity index (χ4n) is 3.09. The lowest BCUT2D eigenvalue weighted by Gasteiger charge is -2.22. The predicted octanol–water partition coefficient (Wildman–Crippen LogP) is 4.15. The van der Waals surface area contributed by atoms with Crippen molar-refractivity contribution >= 4 is 40.5 Å². The van der Waals surface area contributed by atoms with Crippen molar-refractivity contribution in [2.45, 2.75) is 26.7 Å². The number of carbonyl (C=O) groups is 1. The summed E-state index contributed by atoms with van der Waals surface area (Å²) in [6.45, 7) is 5.65. The molecule has 0 fully saturated rings. The molecule has 0 unspecified atom stereocenters. The van der Waals surface area contributed by atoms with Gasteiger partial charge in [0.05, 0.1) is 12.2 Å². The molecule has 0 saturated carbocycles. The molecule has 1 aliphatic rings. The molecule has 0 aromatic heterocycles. The Morgan fingerprint density at radius 3 is 2.20 bits per heavy atom. The van der Waals surface area contributed by atoms with Gasteiger partial charge in [-0.1, -0.05) is 68.5 Å². The maximum atomic E-state index is 12.7. The summed E-state index contributed by atoms with van der Waals surface area (Å²) in [5.41, 5.74) is 4.97. The SMILES string of the molecule is Br.CCc1ccc(C=CC(=O)C=C(c2ccc(CC)cc2)N(N)C2=NCCN2)cc1. The highest BCUT2D eigenvalue weighted by Crippen LogP contribution is 2.19. The highest BCUT2D eigenvalue weighted by molar-refractivity contribution is 8.93. The molecular weight excluding hydrogens is 440 g/mol. The normalized spacial score (nSPS) is 13.6. The van der Waals surface area contributed by atoms with Crippen molar-refractivity contribution in [3.8, 4) is 0 Å². The largest absolute Gasteiger partial charge is 0.353 e. The van der Waals surface area contributed by atoms with Crippen LogP contribution in [0.4, 0.5) is 0 Å². The van der Waals surface area contributed by atoms with Gasteiger partial charge >= 0.3 is 0 Å². The summed E-state index contributed by atoms with van der Waals surface area (Å²) >= 11 is 0. The Morgan fingerprint density at radius 2 is 1.67 bits per heavy atom. The summed E-state index contributed by atoms with van der Waals surface area (Å²) in [5.74, 6) is 6.75. The number of benzene rings is 2. The molecule has 0 spiro atoms. The van der Waals surface area contributed by atoms with Crippen LogP contribution in [0.3, 0.4) is 0 Å². The average molecular weight is 469 g/mol. The monoisotopic (exact) mass is 468 g/mol. The fraction of sp³-hybridized carbons (Fsp3) is 0.250. The number of nitrogens with two attached hydrogens (primary N) is 1. The van der Waals surface area contributed by atoms with Crippen molar-refractivity contribution in [3.05, 3.63) is 82.9 Å². The molecule has 5 nitrogen and oxygen atoms in total. The van der Waals surface area contributed by atoms with Crippen molar-refractivity contribution < 1.29 is 4.79 Å². The number of aryl methyl sites for hydroxylation is 2. The summed E-state index contributed by atoms with van der Waals surface area (Å²) < 4.78 is 0. The van der Waals surface area contributed by atoms with Crippen LogP contribution in [0.2, 0.25) is 0 Å². The molecule has 158 valence electrons. The zero-order chi connectivity index (χ0) is 20.6. The maximum absolute atomic E-state index is 12.7. The highest BCUT2D eigenvalue weighted by atomic mass is 79.9. The van der Waals surface area contributed by atoms with E-state index in [4.69, 9.17) is 5.84 Å². The van der Waals surface area contributed by atoms with Gasteiger partial charge in [-0.25, -0.2) is 15.8 Å². The molecular formula is C24H29BrN4O.